The highest BCUT2D eigenvalue weighted by atomic mass is 16.5. The van der Waals surface area contributed by atoms with Crippen LogP contribution in [0.5, 0.6) is 0 Å². The van der Waals surface area contributed by atoms with Crippen LogP contribution < -0.4 is 0 Å². The molecular formula is C12H20N4O3. The summed E-state index contributed by atoms with van der Waals surface area (Å²) in [7, 11) is 0. The molecule has 0 radical (unpaired) electrons. The fourth-order valence-electron chi connectivity index (χ4n) is 1.96. The second-order valence-electron chi connectivity index (χ2n) is 5.27. The topological polar surface area (TPSA) is 80.5 Å². The Morgan fingerprint density at radius 3 is 2.89 bits per heavy atom. The van der Waals surface area contributed by atoms with Crippen LogP contribution in [0.15, 0.2) is 6.20 Å². The van der Waals surface area contributed by atoms with Crippen molar-refractivity contribution >= 4 is 5.97 Å². The molecule has 1 aliphatic rings. The van der Waals surface area contributed by atoms with Gasteiger partial charge in [0.25, 0.3) is 0 Å². The molecule has 1 aliphatic heterocycles. The van der Waals surface area contributed by atoms with Gasteiger partial charge in [-0.15, -0.1) is 5.10 Å². The van der Waals surface area contributed by atoms with Crippen LogP contribution in [0.2, 0.25) is 0 Å². The fraction of sp³-hybridized carbons (Fsp3) is 0.750. The molecule has 1 aromatic rings. The molecule has 2 rings (SSSR count). The van der Waals surface area contributed by atoms with Gasteiger partial charge in [0.15, 0.2) is 5.69 Å². The van der Waals surface area contributed by atoms with Gasteiger partial charge in [0.05, 0.1) is 18.8 Å². The van der Waals surface area contributed by atoms with Crippen LogP contribution in [0.4, 0.5) is 0 Å². The van der Waals surface area contributed by atoms with Crippen LogP contribution in [0.25, 0.3) is 0 Å². The fourth-order valence-corrected chi connectivity index (χ4v) is 1.96. The van der Waals surface area contributed by atoms with Gasteiger partial charge in [0, 0.05) is 26.2 Å². The Hall–Kier alpha value is -1.47. The third kappa shape index (κ3) is 3.74. The number of carboxylic acids is 1. The van der Waals surface area contributed by atoms with Gasteiger partial charge >= 0.3 is 5.97 Å². The van der Waals surface area contributed by atoms with Crippen LogP contribution >= 0.6 is 0 Å². The number of ether oxygens (including phenoxy) is 1. The lowest BCUT2D eigenvalue weighted by Crippen LogP contribution is -2.49. The quantitative estimate of drug-likeness (QED) is 0.726. The summed E-state index contributed by atoms with van der Waals surface area (Å²) in [6, 6.07) is 0.227. The molecular weight excluding hydrogens is 248 g/mol. The molecule has 1 saturated heterocycles. The van der Waals surface area contributed by atoms with Crippen molar-refractivity contribution in [1.82, 2.24) is 19.9 Å². The Labute approximate surface area is 112 Å². The summed E-state index contributed by atoms with van der Waals surface area (Å²) in [6.45, 7) is 8.43. The van der Waals surface area contributed by atoms with Crippen molar-refractivity contribution in [1.29, 1.82) is 0 Å². The number of nitrogens with zero attached hydrogens (tertiary/aromatic N) is 4. The van der Waals surface area contributed by atoms with Crippen molar-refractivity contribution in [3.63, 3.8) is 0 Å². The van der Waals surface area contributed by atoms with Crippen molar-refractivity contribution in [2.75, 3.05) is 32.8 Å². The van der Waals surface area contributed by atoms with E-state index in [9.17, 15) is 4.79 Å². The predicted molar refractivity (Wildman–Crippen MR) is 68.1 cm³/mol. The van der Waals surface area contributed by atoms with E-state index in [0.717, 1.165) is 32.8 Å². The van der Waals surface area contributed by atoms with E-state index in [4.69, 9.17) is 9.84 Å². The third-order valence-corrected chi connectivity index (χ3v) is 3.04. The van der Waals surface area contributed by atoms with Crippen LogP contribution in [-0.4, -0.2) is 63.8 Å². The maximum absolute atomic E-state index is 10.7. The van der Waals surface area contributed by atoms with Gasteiger partial charge in [-0.3, -0.25) is 4.90 Å². The van der Waals surface area contributed by atoms with Crippen LogP contribution in [-0.2, 0) is 4.74 Å². The van der Waals surface area contributed by atoms with Gasteiger partial charge in [-0.05, 0) is 5.92 Å². The molecule has 0 amide bonds. The number of rotatable bonds is 7. The molecule has 1 aromatic heterocycles. The van der Waals surface area contributed by atoms with Crippen molar-refractivity contribution in [3.8, 4) is 0 Å². The molecule has 0 aromatic carbocycles. The largest absolute Gasteiger partial charge is 0.476 e. The lowest BCUT2D eigenvalue weighted by Gasteiger charge is -2.38. The van der Waals surface area contributed by atoms with Gasteiger partial charge in [-0.1, -0.05) is 19.1 Å². The summed E-state index contributed by atoms with van der Waals surface area (Å²) in [5, 5.41) is 16.2. The van der Waals surface area contributed by atoms with E-state index in [2.05, 4.69) is 29.1 Å². The highest BCUT2D eigenvalue weighted by Gasteiger charge is 2.29. The van der Waals surface area contributed by atoms with E-state index in [1.165, 1.54) is 6.20 Å². The summed E-state index contributed by atoms with van der Waals surface area (Å²) in [5.41, 5.74) is -0.00119. The van der Waals surface area contributed by atoms with E-state index in [0.29, 0.717) is 5.92 Å². The standard InChI is InChI=1S/C12H20N4O3/c1-9(2)8-19-4-3-15-5-10(6-15)16-7-11(12(17)18)13-14-16/h7,9-10H,3-6,8H2,1-2H3,(H,17,18). The molecule has 0 saturated carbocycles. The minimum atomic E-state index is -1.04. The zero-order valence-electron chi connectivity index (χ0n) is 11.3. The SMILES string of the molecule is CC(C)COCCN1CC(n2cc(C(=O)O)nn2)C1. The van der Waals surface area contributed by atoms with Crippen LogP contribution in [0, 0.1) is 5.92 Å². The Morgan fingerprint density at radius 2 is 2.32 bits per heavy atom. The summed E-state index contributed by atoms with van der Waals surface area (Å²) in [6.07, 6.45) is 1.49. The van der Waals surface area contributed by atoms with E-state index in [1.54, 1.807) is 4.68 Å². The second-order valence-corrected chi connectivity index (χ2v) is 5.27. The van der Waals surface area contributed by atoms with Gasteiger partial charge in [0.2, 0.25) is 0 Å². The van der Waals surface area contributed by atoms with E-state index >= 15 is 0 Å². The number of aromatic carboxylic acids is 1. The van der Waals surface area contributed by atoms with Gasteiger partial charge in [-0.2, -0.15) is 0 Å². The monoisotopic (exact) mass is 268 g/mol. The molecule has 19 heavy (non-hydrogen) atoms. The second kappa shape index (κ2) is 6.12. The number of carbonyl (C=O) groups is 1. The Balaban J connectivity index is 1.66. The molecule has 0 unspecified atom stereocenters. The molecule has 1 fully saturated rings. The number of hydrogen-bond donors (Lipinski definition) is 1. The number of aromatic nitrogens is 3. The molecule has 0 aliphatic carbocycles. The maximum atomic E-state index is 10.7. The first-order chi connectivity index (χ1) is 9.06. The Kier molecular flexibility index (Phi) is 4.49. The molecule has 1 N–H and O–H groups in total. The summed E-state index contributed by atoms with van der Waals surface area (Å²) < 4.78 is 7.16. The van der Waals surface area contributed by atoms with E-state index in [1.807, 2.05) is 0 Å². The summed E-state index contributed by atoms with van der Waals surface area (Å²) in [5.74, 6) is -0.474. The smallest absolute Gasteiger partial charge is 0.358 e. The van der Waals surface area contributed by atoms with E-state index in [-0.39, 0.29) is 11.7 Å². The molecule has 0 bridgehead atoms. The lowest BCUT2D eigenvalue weighted by atomic mass is 10.1. The number of carboxylic acid groups (broad SMARTS) is 1. The molecule has 7 heteroatoms. The molecule has 2 heterocycles. The molecule has 106 valence electrons. The minimum Gasteiger partial charge on any atom is -0.476 e. The first-order valence-corrected chi connectivity index (χ1v) is 6.51. The molecule has 7 nitrogen and oxygen atoms in total. The van der Waals surface area contributed by atoms with Gasteiger partial charge in [-0.25, -0.2) is 9.48 Å². The van der Waals surface area contributed by atoms with Gasteiger partial charge in [0.1, 0.15) is 0 Å². The van der Waals surface area contributed by atoms with Crippen molar-refractivity contribution in [3.05, 3.63) is 11.9 Å². The zero-order chi connectivity index (χ0) is 13.8. The van der Waals surface area contributed by atoms with Crippen LogP contribution in [0.1, 0.15) is 30.4 Å². The lowest BCUT2D eigenvalue weighted by molar-refractivity contribution is 0.0401. The highest BCUT2D eigenvalue weighted by Crippen LogP contribution is 2.19. The first-order valence-electron chi connectivity index (χ1n) is 6.51. The number of likely N-dealkylation sites (tertiary alicyclic amines) is 1. The Bertz CT molecular complexity index is 426. The molecule has 0 atom stereocenters. The summed E-state index contributed by atoms with van der Waals surface area (Å²) in [4.78, 5) is 13.0. The molecule has 0 spiro atoms. The maximum Gasteiger partial charge on any atom is 0.358 e. The predicted octanol–water partition coefficient (Wildman–Crippen LogP) is 0.506. The first kappa shape index (κ1) is 14.0. The summed E-state index contributed by atoms with van der Waals surface area (Å²) >= 11 is 0. The van der Waals surface area contributed by atoms with Crippen molar-refractivity contribution < 1.29 is 14.6 Å². The normalized spacial score (nSPS) is 16.8. The van der Waals surface area contributed by atoms with Crippen molar-refractivity contribution in [2.45, 2.75) is 19.9 Å². The minimum absolute atomic E-state index is 0.00119. The number of hydrogen-bond acceptors (Lipinski definition) is 5. The van der Waals surface area contributed by atoms with E-state index < -0.39 is 5.97 Å². The highest BCUT2D eigenvalue weighted by molar-refractivity contribution is 5.84. The van der Waals surface area contributed by atoms with Crippen molar-refractivity contribution in [2.24, 2.45) is 5.92 Å². The third-order valence-electron chi connectivity index (χ3n) is 3.04. The average molecular weight is 268 g/mol. The van der Waals surface area contributed by atoms with Crippen LogP contribution in [0.3, 0.4) is 0 Å². The Morgan fingerprint density at radius 1 is 1.58 bits per heavy atom. The zero-order valence-corrected chi connectivity index (χ0v) is 11.3. The average Bonchev–Trinajstić information content (AvgIpc) is 2.75. The van der Waals surface area contributed by atoms with Gasteiger partial charge < -0.3 is 9.84 Å².